The van der Waals surface area contributed by atoms with Crippen LogP contribution in [0.15, 0.2) is 5.38 Å². The zero-order valence-electron chi connectivity index (χ0n) is 12.3. The number of rotatable bonds is 5. The Morgan fingerprint density at radius 2 is 2.00 bits per heavy atom. The first-order chi connectivity index (χ1) is 9.79. The summed E-state index contributed by atoms with van der Waals surface area (Å²) in [5.41, 5.74) is 1.01. The predicted molar refractivity (Wildman–Crippen MR) is 82.4 cm³/mol. The lowest BCUT2D eigenvalue weighted by Gasteiger charge is -2.23. The molecule has 0 aliphatic carbocycles. The van der Waals surface area contributed by atoms with Gasteiger partial charge in [0.05, 0.1) is 18.7 Å². The van der Waals surface area contributed by atoms with Crippen LogP contribution in [0.25, 0.3) is 0 Å². The molecule has 0 spiro atoms. The lowest BCUT2D eigenvalue weighted by atomic mass is 10.1. The van der Waals surface area contributed by atoms with E-state index in [1.54, 1.807) is 11.3 Å². The molecule has 2 rings (SSSR count). The molecule has 1 saturated heterocycles. The summed E-state index contributed by atoms with van der Waals surface area (Å²) in [6, 6.07) is 0. The molecule has 1 aliphatic heterocycles. The van der Waals surface area contributed by atoms with Gasteiger partial charge in [0.25, 0.3) is 0 Å². The first-order valence-corrected chi connectivity index (χ1v) is 8.52. The Hall–Kier alpha value is -1.10. The van der Waals surface area contributed by atoms with E-state index in [-0.39, 0.29) is 5.97 Å². The minimum atomic E-state index is -0.131. The molecule has 1 aromatic heterocycles. The fraction of sp³-hybridized carbons (Fsp3) is 0.733. The molecule has 0 unspecified atom stereocenters. The number of nitrogens with zero attached hydrogens (tertiary/aromatic N) is 2. The Labute approximate surface area is 125 Å². The second kappa shape index (κ2) is 8.25. The lowest BCUT2D eigenvalue weighted by molar-refractivity contribution is -0.143. The number of carbonyl (C=O) groups is 1. The zero-order chi connectivity index (χ0) is 14.2. The van der Waals surface area contributed by atoms with Gasteiger partial charge >= 0.3 is 5.97 Å². The molecule has 0 N–H and O–H groups in total. The van der Waals surface area contributed by atoms with Gasteiger partial charge in [-0.05, 0) is 19.8 Å². The summed E-state index contributed by atoms with van der Waals surface area (Å²) in [5.74, 6) is -0.131. The highest BCUT2D eigenvalue weighted by molar-refractivity contribution is 7.13. The number of aryl methyl sites for hydroxylation is 1. The molecule has 5 heteroatoms. The van der Waals surface area contributed by atoms with Gasteiger partial charge in [0.15, 0.2) is 5.13 Å². The van der Waals surface area contributed by atoms with Crippen LogP contribution in [-0.4, -0.2) is 30.6 Å². The Balaban J connectivity index is 1.85. The van der Waals surface area contributed by atoms with Crippen molar-refractivity contribution in [1.29, 1.82) is 0 Å². The minimum absolute atomic E-state index is 0.131. The summed E-state index contributed by atoms with van der Waals surface area (Å²) < 4.78 is 4.94. The van der Waals surface area contributed by atoms with Gasteiger partial charge in [0.1, 0.15) is 0 Å². The van der Waals surface area contributed by atoms with Crippen LogP contribution in [0.3, 0.4) is 0 Å². The molecular weight excluding hydrogens is 272 g/mol. The van der Waals surface area contributed by atoms with Crippen LogP contribution < -0.4 is 4.90 Å². The SMILES string of the molecule is CCOC(=O)CCc1csc(N2CCCCCCC2)n1. The van der Waals surface area contributed by atoms with Crippen LogP contribution in [0.5, 0.6) is 0 Å². The first-order valence-electron chi connectivity index (χ1n) is 7.64. The van der Waals surface area contributed by atoms with Crippen LogP contribution in [0.2, 0.25) is 0 Å². The van der Waals surface area contributed by atoms with E-state index >= 15 is 0 Å². The zero-order valence-corrected chi connectivity index (χ0v) is 13.1. The first kappa shape index (κ1) is 15.3. The highest BCUT2D eigenvalue weighted by Gasteiger charge is 2.13. The highest BCUT2D eigenvalue weighted by Crippen LogP contribution is 2.24. The summed E-state index contributed by atoms with van der Waals surface area (Å²) in [5, 5.41) is 3.19. The van der Waals surface area contributed by atoms with Crippen LogP contribution in [0.1, 0.15) is 51.1 Å². The van der Waals surface area contributed by atoms with Crippen molar-refractivity contribution in [3.8, 4) is 0 Å². The third kappa shape index (κ3) is 4.78. The van der Waals surface area contributed by atoms with E-state index in [0.717, 1.165) is 23.9 Å². The Bertz CT molecular complexity index is 412. The minimum Gasteiger partial charge on any atom is -0.466 e. The van der Waals surface area contributed by atoms with Gasteiger partial charge in [-0.25, -0.2) is 4.98 Å². The summed E-state index contributed by atoms with van der Waals surface area (Å²) in [6.45, 7) is 4.52. The quantitative estimate of drug-likeness (QED) is 0.781. The molecular formula is C15H24N2O2S. The summed E-state index contributed by atoms with van der Waals surface area (Å²) in [7, 11) is 0. The fourth-order valence-corrected chi connectivity index (χ4v) is 3.37. The number of hydrogen-bond donors (Lipinski definition) is 0. The van der Waals surface area contributed by atoms with Crippen molar-refractivity contribution in [1.82, 2.24) is 4.98 Å². The Morgan fingerprint density at radius 3 is 2.70 bits per heavy atom. The molecule has 0 atom stereocenters. The van der Waals surface area contributed by atoms with Gasteiger partial charge in [-0.15, -0.1) is 11.3 Å². The second-order valence-electron chi connectivity index (χ2n) is 5.18. The van der Waals surface area contributed by atoms with E-state index in [2.05, 4.69) is 15.3 Å². The predicted octanol–water partition coefficient (Wildman–Crippen LogP) is 3.41. The number of aromatic nitrogens is 1. The molecule has 20 heavy (non-hydrogen) atoms. The number of esters is 1. The third-order valence-corrected chi connectivity index (χ3v) is 4.51. The van der Waals surface area contributed by atoms with Crippen molar-refractivity contribution in [3.05, 3.63) is 11.1 Å². The number of carbonyl (C=O) groups excluding carboxylic acids is 1. The second-order valence-corrected chi connectivity index (χ2v) is 6.02. The van der Waals surface area contributed by atoms with Crippen molar-refractivity contribution in [2.24, 2.45) is 0 Å². The third-order valence-electron chi connectivity index (χ3n) is 3.56. The van der Waals surface area contributed by atoms with Crippen LogP contribution >= 0.6 is 11.3 Å². The molecule has 0 aromatic carbocycles. The molecule has 112 valence electrons. The molecule has 0 saturated carbocycles. The van der Waals surface area contributed by atoms with Crippen LogP contribution in [0.4, 0.5) is 5.13 Å². The van der Waals surface area contributed by atoms with Crippen LogP contribution in [-0.2, 0) is 16.0 Å². The molecule has 4 nitrogen and oxygen atoms in total. The number of anilines is 1. The Kier molecular flexibility index (Phi) is 6.30. The van der Waals surface area contributed by atoms with Gasteiger partial charge in [-0.1, -0.05) is 19.3 Å². The average Bonchev–Trinajstić information content (AvgIpc) is 2.85. The molecule has 0 bridgehead atoms. The van der Waals surface area contributed by atoms with Crippen LogP contribution in [0, 0.1) is 0 Å². The van der Waals surface area contributed by atoms with Gasteiger partial charge in [-0.3, -0.25) is 4.79 Å². The maximum Gasteiger partial charge on any atom is 0.306 e. The van der Waals surface area contributed by atoms with Crippen molar-refractivity contribution in [2.75, 3.05) is 24.6 Å². The maximum atomic E-state index is 11.4. The summed E-state index contributed by atoms with van der Waals surface area (Å²) >= 11 is 1.70. The van der Waals surface area contributed by atoms with E-state index < -0.39 is 0 Å². The molecule has 0 radical (unpaired) electrons. The van der Waals surface area contributed by atoms with E-state index in [1.807, 2.05) is 6.92 Å². The van der Waals surface area contributed by atoms with Crippen molar-refractivity contribution in [2.45, 2.75) is 51.9 Å². The standard InChI is InChI=1S/C15H24N2O2S/c1-2-19-14(18)9-8-13-12-20-15(16-13)17-10-6-4-3-5-7-11-17/h12H,2-11H2,1H3. The highest BCUT2D eigenvalue weighted by atomic mass is 32.1. The summed E-state index contributed by atoms with van der Waals surface area (Å²) in [6.07, 6.45) is 7.67. The number of ether oxygens (including phenoxy) is 1. The molecule has 1 fully saturated rings. The van der Waals surface area contributed by atoms with Gasteiger partial charge in [0, 0.05) is 24.9 Å². The molecule has 1 aliphatic rings. The largest absolute Gasteiger partial charge is 0.466 e. The smallest absolute Gasteiger partial charge is 0.306 e. The number of hydrogen-bond acceptors (Lipinski definition) is 5. The normalized spacial score (nSPS) is 16.6. The van der Waals surface area contributed by atoms with Gasteiger partial charge in [-0.2, -0.15) is 0 Å². The maximum absolute atomic E-state index is 11.4. The van der Waals surface area contributed by atoms with E-state index in [1.165, 1.54) is 32.1 Å². The van der Waals surface area contributed by atoms with Crippen molar-refractivity contribution < 1.29 is 9.53 Å². The van der Waals surface area contributed by atoms with Crippen molar-refractivity contribution >= 4 is 22.4 Å². The molecule has 1 aromatic rings. The number of thiazole rings is 1. The molecule has 2 heterocycles. The summed E-state index contributed by atoms with van der Waals surface area (Å²) in [4.78, 5) is 18.4. The Morgan fingerprint density at radius 1 is 1.30 bits per heavy atom. The van der Waals surface area contributed by atoms with E-state index in [4.69, 9.17) is 4.74 Å². The topological polar surface area (TPSA) is 42.4 Å². The van der Waals surface area contributed by atoms with Crippen molar-refractivity contribution in [3.63, 3.8) is 0 Å². The fourth-order valence-electron chi connectivity index (χ4n) is 2.46. The van der Waals surface area contributed by atoms with Gasteiger partial charge < -0.3 is 9.64 Å². The monoisotopic (exact) mass is 296 g/mol. The van der Waals surface area contributed by atoms with Gasteiger partial charge in [0.2, 0.25) is 0 Å². The van der Waals surface area contributed by atoms with E-state index in [9.17, 15) is 4.79 Å². The van der Waals surface area contributed by atoms with E-state index in [0.29, 0.717) is 19.4 Å². The average molecular weight is 296 g/mol. The lowest BCUT2D eigenvalue weighted by Crippen LogP contribution is -2.26. The molecule has 0 amide bonds.